The van der Waals surface area contributed by atoms with E-state index in [0.717, 1.165) is 12.0 Å². The zero-order valence-corrected chi connectivity index (χ0v) is 10.8. The molecule has 1 amide bonds. The molecule has 0 radical (unpaired) electrons. The minimum Gasteiger partial charge on any atom is -0.480 e. The van der Waals surface area contributed by atoms with Crippen molar-refractivity contribution in [3.05, 3.63) is 48.6 Å². The molecular formula is C15H19NO3. The number of carboxylic acid groups (broad SMARTS) is 1. The highest BCUT2D eigenvalue weighted by Crippen LogP contribution is 2.04. The van der Waals surface area contributed by atoms with E-state index >= 15 is 0 Å². The molecule has 0 bridgehead atoms. The summed E-state index contributed by atoms with van der Waals surface area (Å²) in [5, 5.41) is 11.6. The summed E-state index contributed by atoms with van der Waals surface area (Å²) in [6.07, 6.45) is 3.81. The summed E-state index contributed by atoms with van der Waals surface area (Å²) in [6, 6.07) is 8.43. The number of nitrogens with one attached hydrogen (secondary N) is 1. The van der Waals surface area contributed by atoms with Gasteiger partial charge >= 0.3 is 5.97 Å². The molecule has 0 saturated carbocycles. The van der Waals surface area contributed by atoms with E-state index in [1.165, 1.54) is 0 Å². The highest BCUT2D eigenvalue weighted by Gasteiger charge is 2.19. The highest BCUT2D eigenvalue weighted by molar-refractivity contribution is 5.84. The van der Waals surface area contributed by atoms with Crippen molar-refractivity contribution in [3.63, 3.8) is 0 Å². The molecule has 1 aromatic rings. The van der Waals surface area contributed by atoms with Crippen LogP contribution in [-0.4, -0.2) is 23.0 Å². The fraction of sp³-hybridized carbons (Fsp3) is 0.333. The summed E-state index contributed by atoms with van der Waals surface area (Å²) in [4.78, 5) is 22.8. The predicted molar refractivity (Wildman–Crippen MR) is 73.8 cm³/mol. The first-order chi connectivity index (χ1) is 9.13. The maximum Gasteiger partial charge on any atom is 0.326 e. The number of benzene rings is 1. The molecular weight excluding hydrogens is 242 g/mol. The van der Waals surface area contributed by atoms with Crippen LogP contribution in [0, 0.1) is 0 Å². The number of carbonyl (C=O) groups excluding carboxylic acids is 1. The third-order valence-corrected chi connectivity index (χ3v) is 2.74. The molecule has 4 heteroatoms. The number of aliphatic carboxylic acids is 1. The number of carboxylic acids is 1. The van der Waals surface area contributed by atoms with Crippen LogP contribution in [-0.2, 0) is 16.0 Å². The van der Waals surface area contributed by atoms with Crippen LogP contribution >= 0.6 is 0 Å². The Hall–Kier alpha value is -2.10. The van der Waals surface area contributed by atoms with Gasteiger partial charge < -0.3 is 10.4 Å². The van der Waals surface area contributed by atoms with Crippen LogP contribution in [0.2, 0.25) is 0 Å². The monoisotopic (exact) mass is 261 g/mol. The van der Waals surface area contributed by atoms with Gasteiger partial charge in [0.15, 0.2) is 0 Å². The molecule has 0 aliphatic rings. The largest absolute Gasteiger partial charge is 0.480 e. The Morgan fingerprint density at radius 1 is 1.32 bits per heavy atom. The van der Waals surface area contributed by atoms with E-state index in [-0.39, 0.29) is 12.3 Å². The van der Waals surface area contributed by atoms with Gasteiger partial charge in [-0.1, -0.05) is 36.4 Å². The number of carbonyl (C=O) groups is 2. The highest BCUT2D eigenvalue weighted by atomic mass is 16.4. The van der Waals surface area contributed by atoms with Crippen molar-refractivity contribution in [3.8, 4) is 0 Å². The Morgan fingerprint density at radius 2 is 2.00 bits per heavy atom. The second-order valence-corrected chi connectivity index (χ2v) is 4.34. The number of rotatable bonds is 8. The molecule has 0 aliphatic carbocycles. The van der Waals surface area contributed by atoms with E-state index in [1.807, 2.05) is 30.3 Å². The number of amides is 1. The SMILES string of the molecule is C=CCCC[C@H](NC(=O)Cc1ccccc1)C(=O)O. The summed E-state index contributed by atoms with van der Waals surface area (Å²) in [5.74, 6) is -1.26. The number of allylic oxidation sites excluding steroid dienone is 1. The van der Waals surface area contributed by atoms with Gasteiger partial charge in [-0.05, 0) is 24.8 Å². The molecule has 0 spiro atoms. The molecule has 19 heavy (non-hydrogen) atoms. The lowest BCUT2D eigenvalue weighted by Gasteiger charge is -2.14. The Labute approximate surface area is 113 Å². The van der Waals surface area contributed by atoms with Gasteiger partial charge in [0.25, 0.3) is 0 Å². The Kier molecular flexibility index (Phi) is 6.36. The number of hydrogen-bond acceptors (Lipinski definition) is 2. The van der Waals surface area contributed by atoms with Gasteiger partial charge in [-0.3, -0.25) is 4.79 Å². The molecule has 0 unspecified atom stereocenters. The molecule has 0 aliphatic heterocycles. The van der Waals surface area contributed by atoms with Crippen molar-refractivity contribution in [2.75, 3.05) is 0 Å². The molecule has 1 aromatic carbocycles. The fourth-order valence-corrected chi connectivity index (χ4v) is 1.75. The zero-order chi connectivity index (χ0) is 14.1. The topological polar surface area (TPSA) is 66.4 Å². The minimum atomic E-state index is -0.995. The lowest BCUT2D eigenvalue weighted by Crippen LogP contribution is -2.41. The van der Waals surface area contributed by atoms with E-state index < -0.39 is 12.0 Å². The summed E-state index contributed by atoms with van der Waals surface area (Å²) < 4.78 is 0. The first-order valence-corrected chi connectivity index (χ1v) is 6.30. The van der Waals surface area contributed by atoms with Crippen molar-refractivity contribution in [2.24, 2.45) is 0 Å². The van der Waals surface area contributed by atoms with Crippen LogP contribution in [0.25, 0.3) is 0 Å². The van der Waals surface area contributed by atoms with Crippen LogP contribution in [0.15, 0.2) is 43.0 Å². The van der Waals surface area contributed by atoms with Gasteiger partial charge in [0.1, 0.15) is 6.04 Å². The van der Waals surface area contributed by atoms with Crippen LogP contribution in [0.4, 0.5) is 0 Å². The predicted octanol–water partition coefficient (Wildman–Crippen LogP) is 2.15. The van der Waals surface area contributed by atoms with Crippen molar-refractivity contribution in [1.29, 1.82) is 0 Å². The molecule has 0 heterocycles. The van der Waals surface area contributed by atoms with Crippen LogP contribution in [0.1, 0.15) is 24.8 Å². The summed E-state index contributed by atoms with van der Waals surface area (Å²) in [5.41, 5.74) is 0.871. The second kappa shape index (κ2) is 8.08. The fourth-order valence-electron chi connectivity index (χ4n) is 1.75. The average molecular weight is 261 g/mol. The van der Waals surface area contributed by atoms with Crippen molar-refractivity contribution in [2.45, 2.75) is 31.7 Å². The smallest absolute Gasteiger partial charge is 0.326 e. The quantitative estimate of drug-likeness (QED) is 0.556. The maximum absolute atomic E-state index is 11.8. The van der Waals surface area contributed by atoms with Gasteiger partial charge in [-0.25, -0.2) is 4.79 Å². The minimum absolute atomic E-state index is 0.200. The van der Waals surface area contributed by atoms with Gasteiger partial charge in [0, 0.05) is 0 Å². The van der Waals surface area contributed by atoms with E-state index in [2.05, 4.69) is 11.9 Å². The first-order valence-electron chi connectivity index (χ1n) is 6.30. The van der Waals surface area contributed by atoms with Gasteiger partial charge in [0.2, 0.25) is 5.91 Å². The third-order valence-electron chi connectivity index (χ3n) is 2.74. The zero-order valence-electron chi connectivity index (χ0n) is 10.8. The molecule has 1 atom stereocenters. The molecule has 1 rings (SSSR count). The maximum atomic E-state index is 11.8. The standard InChI is InChI=1S/C15H19NO3/c1-2-3-5-10-13(15(18)19)16-14(17)11-12-8-6-4-7-9-12/h2,4,6-9,13H,1,3,5,10-11H2,(H,16,17)(H,18,19)/t13-/m0/s1. The van der Waals surface area contributed by atoms with Crippen molar-refractivity contribution < 1.29 is 14.7 Å². The van der Waals surface area contributed by atoms with Crippen molar-refractivity contribution >= 4 is 11.9 Å². The van der Waals surface area contributed by atoms with E-state index in [9.17, 15) is 9.59 Å². The van der Waals surface area contributed by atoms with Gasteiger partial charge in [0.05, 0.1) is 6.42 Å². The molecule has 2 N–H and O–H groups in total. The van der Waals surface area contributed by atoms with E-state index in [0.29, 0.717) is 12.8 Å². The normalized spacial score (nSPS) is 11.6. The van der Waals surface area contributed by atoms with Crippen molar-refractivity contribution in [1.82, 2.24) is 5.32 Å². The van der Waals surface area contributed by atoms with Gasteiger partial charge in [-0.15, -0.1) is 6.58 Å². The third kappa shape index (κ3) is 5.86. The van der Waals surface area contributed by atoms with Crippen LogP contribution < -0.4 is 5.32 Å². The lowest BCUT2D eigenvalue weighted by atomic mass is 10.1. The molecule has 0 saturated heterocycles. The number of hydrogen-bond donors (Lipinski definition) is 2. The average Bonchev–Trinajstić information content (AvgIpc) is 2.38. The summed E-state index contributed by atoms with van der Waals surface area (Å²) in [6.45, 7) is 3.58. The lowest BCUT2D eigenvalue weighted by molar-refractivity contribution is -0.141. The Morgan fingerprint density at radius 3 is 2.58 bits per heavy atom. The molecule has 102 valence electrons. The molecule has 0 fully saturated rings. The number of unbranched alkanes of at least 4 members (excludes halogenated alkanes) is 1. The second-order valence-electron chi connectivity index (χ2n) is 4.34. The first kappa shape index (κ1) is 15.0. The Balaban J connectivity index is 2.47. The van der Waals surface area contributed by atoms with Crippen LogP contribution in [0.5, 0.6) is 0 Å². The molecule has 0 aromatic heterocycles. The summed E-state index contributed by atoms with van der Waals surface area (Å²) >= 11 is 0. The van der Waals surface area contributed by atoms with E-state index in [4.69, 9.17) is 5.11 Å². The summed E-state index contributed by atoms with van der Waals surface area (Å²) in [7, 11) is 0. The van der Waals surface area contributed by atoms with Gasteiger partial charge in [-0.2, -0.15) is 0 Å². The Bertz CT molecular complexity index is 428. The van der Waals surface area contributed by atoms with Crippen LogP contribution in [0.3, 0.4) is 0 Å². The molecule has 4 nitrogen and oxygen atoms in total. The van der Waals surface area contributed by atoms with E-state index in [1.54, 1.807) is 6.08 Å².